The summed E-state index contributed by atoms with van der Waals surface area (Å²) in [5, 5.41) is 5.96. The fourth-order valence-electron chi connectivity index (χ4n) is 3.87. The molecule has 2 aromatic carbocycles. The number of nitrogens with zero attached hydrogens (tertiary/aromatic N) is 1. The maximum Gasteiger partial charge on any atom is 0.251 e. The van der Waals surface area contributed by atoms with Gasteiger partial charge in [-0.15, -0.1) is 0 Å². The Hall–Kier alpha value is -2.86. The third kappa shape index (κ3) is 6.07. The number of carbonyl (C=O) groups is 2. The summed E-state index contributed by atoms with van der Waals surface area (Å²) in [5.41, 5.74) is 1.74. The highest BCUT2D eigenvalue weighted by Crippen LogP contribution is 2.27. The van der Waals surface area contributed by atoms with Crippen LogP contribution in [0.3, 0.4) is 0 Å². The van der Waals surface area contributed by atoms with E-state index in [0.717, 1.165) is 24.4 Å². The Kier molecular flexibility index (Phi) is 7.85. The number of carbonyl (C=O) groups excluding carboxylic acids is 2. The van der Waals surface area contributed by atoms with Crippen molar-refractivity contribution in [2.24, 2.45) is 0 Å². The number of methoxy groups -OCH3 is 1. The molecule has 0 aromatic heterocycles. The highest BCUT2D eigenvalue weighted by Gasteiger charge is 2.24. The zero-order valence-electron chi connectivity index (χ0n) is 17.8. The van der Waals surface area contributed by atoms with Crippen molar-refractivity contribution in [3.63, 3.8) is 0 Å². The van der Waals surface area contributed by atoms with Gasteiger partial charge >= 0.3 is 0 Å². The maximum atomic E-state index is 12.5. The molecule has 0 aliphatic carbocycles. The average Bonchev–Trinajstić information content (AvgIpc) is 3.29. The summed E-state index contributed by atoms with van der Waals surface area (Å²) in [5.74, 6) is 0.588. The van der Waals surface area contributed by atoms with Crippen LogP contribution in [0.4, 0.5) is 0 Å². The van der Waals surface area contributed by atoms with Gasteiger partial charge in [-0.1, -0.05) is 30.3 Å². The second-order valence-electron chi connectivity index (χ2n) is 7.78. The van der Waals surface area contributed by atoms with E-state index in [4.69, 9.17) is 4.74 Å². The number of ether oxygens (including phenoxy) is 1. The molecule has 1 heterocycles. The zero-order chi connectivity index (χ0) is 21.3. The molecule has 0 radical (unpaired) electrons. The van der Waals surface area contributed by atoms with Crippen LogP contribution in [0.5, 0.6) is 5.75 Å². The molecule has 6 nitrogen and oxygen atoms in total. The molecule has 6 heteroatoms. The summed E-state index contributed by atoms with van der Waals surface area (Å²) in [6, 6.07) is 16.9. The number of nitrogens with one attached hydrogen (secondary N) is 2. The van der Waals surface area contributed by atoms with Crippen LogP contribution in [-0.2, 0) is 4.79 Å². The van der Waals surface area contributed by atoms with Crippen LogP contribution in [0.25, 0.3) is 0 Å². The molecule has 1 aliphatic rings. The lowest BCUT2D eigenvalue weighted by molar-refractivity contribution is -0.121. The second kappa shape index (κ2) is 10.8. The molecule has 30 heavy (non-hydrogen) atoms. The molecular formula is C24H31N3O3. The largest absolute Gasteiger partial charge is 0.497 e. The van der Waals surface area contributed by atoms with Gasteiger partial charge in [0.05, 0.1) is 13.2 Å². The first-order valence-electron chi connectivity index (χ1n) is 10.6. The predicted octanol–water partition coefficient (Wildman–Crippen LogP) is 3.16. The molecule has 0 spiro atoms. The van der Waals surface area contributed by atoms with E-state index in [9.17, 15) is 9.59 Å². The third-order valence-corrected chi connectivity index (χ3v) is 5.46. The van der Waals surface area contributed by atoms with Crippen molar-refractivity contribution >= 4 is 11.8 Å². The van der Waals surface area contributed by atoms with Gasteiger partial charge in [-0.2, -0.15) is 0 Å². The highest BCUT2D eigenvalue weighted by atomic mass is 16.5. The molecule has 1 aliphatic heterocycles. The van der Waals surface area contributed by atoms with E-state index in [2.05, 4.69) is 21.6 Å². The molecule has 2 atom stereocenters. The molecule has 0 bridgehead atoms. The van der Waals surface area contributed by atoms with Crippen molar-refractivity contribution in [2.75, 3.05) is 26.7 Å². The van der Waals surface area contributed by atoms with Crippen LogP contribution in [0.1, 0.15) is 48.1 Å². The molecule has 2 unspecified atom stereocenters. The summed E-state index contributed by atoms with van der Waals surface area (Å²) < 4.78 is 5.37. The van der Waals surface area contributed by atoms with E-state index < -0.39 is 0 Å². The number of hydrogen-bond acceptors (Lipinski definition) is 4. The lowest BCUT2D eigenvalue weighted by atomic mass is 10.0. The van der Waals surface area contributed by atoms with Gasteiger partial charge in [-0.3, -0.25) is 14.5 Å². The highest BCUT2D eigenvalue weighted by molar-refractivity contribution is 5.94. The maximum absolute atomic E-state index is 12.5. The molecule has 2 N–H and O–H groups in total. The van der Waals surface area contributed by atoms with E-state index in [-0.39, 0.29) is 30.3 Å². The van der Waals surface area contributed by atoms with Crippen LogP contribution in [0, 0.1) is 0 Å². The van der Waals surface area contributed by atoms with Crippen molar-refractivity contribution in [1.29, 1.82) is 0 Å². The lowest BCUT2D eigenvalue weighted by Crippen LogP contribution is -2.40. The number of likely N-dealkylation sites (tertiary alicyclic amines) is 1. The first kappa shape index (κ1) is 21.8. The SMILES string of the molecule is COc1cccc(C(CNC(=O)CC(C)NC(=O)c2ccccc2)N2CCCC2)c1. The summed E-state index contributed by atoms with van der Waals surface area (Å²) in [4.78, 5) is 27.2. The lowest BCUT2D eigenvalue weighted by Gasteiger charge is -2.28. The van der Waals surface area contributed by atoms with Crippen molar-refractivity contribution < 1.29 is 14.3 Å². The van der Waals surface area contributed by atoms with Crippen LogP contribution < -0.4 is 15.4 Å². The minimum Gasteiger partial charge on any atom is -0.497 e. The van der Waals surface area contributed by atoms with Crippen LogP contribution in [0.2, 0.25) is 0 Å². The molecule has 2 amide bonds. The molecular weight excluding hydrogens is 378 g/mol. The van der Waals surface area contributed by atoms with Gasteiger partial charge in [-0.25, -0.2) is 0 Å². The minimum atomic E-state index is -0.250. The standard InChI is InChI=1S/C24H31N3O3/c1-18(26-24(29)19-9-4-3-5-10-19)15-23(28)25-17-22(27-13-6-7-14-27)20-11-8-12-21(16-20)30-2/h3-5,8-12,16,18,22H,6-7,13-15,17H2,1-2H3,(H,25,28)(H,26,29). The van der Waals surface area contributed by atoms with Gasteiger partial charge in [0, 0.05) is 24.6 Å². The van der Waals surface area contributed by atoms with Gasteiger partial charge in [0.1, 0.15) is 5.75 Å². The molecule has 1 fully saturated rings. The quantitative estimate of drug-likeness (QED) is 0.667. The fourth-order valence-corrected chi connectivity index (χ4v) is 3.87. The van der Waals surface area contributed by atoms with Crippen molar-refractivity contribution in [3.8, 4) is 5.75 Å². The van der Waals surface area contributed by atoms with Crippen molar-refractivity contribution in [1.82, 2.24) is 15.5 Å². The molecule has 2 aromatic rings. The fraction of sp³-hybridized carbons (Fsp3) is 0.417. The molecule has 160 valence electrons. The van der Waals surface area contributed by atoms with Gasteiger partial charge in [-0.05, 0) is 62.7 Å². The Morgan fingerprint density at radius 1 is 1.07 bits per heavy atom. The molecule has 0 saturated carbocycles. The van der Waals surface area contributed by atoms with Gasteiger partial charge in [0.2, 0.25) is 5.91 Å². The second-order valence-corrected chi connectivity index (χ2v) is 7.78. The van der Waals surface area contributed by atoms with Crippen molar-refractivity contribution in [2.45, 2.75) is 38.3 Å². The molecule has 3 rings (SSSR count). The Balaban J connectivity index is 1.55. The molecule has 1 saturated heterocycles. The Labute approximate surface area is 178 Å². The van der Waals surface area contributed by atoms with E-state index in [0.29, 0.717) is 12.1 Å². The van der Waals surface area contributed by atoms with E-state index in [1.807, 2.05) is 43.3 Å². The topological polar surface area (TPSA) is 70.7 Å². The van der Waals surface area contributed by atoms with E-state index in [1.54, 1.807) is 19.2 Å². The number of amides is 2. The Morgan fingerprint density at radius 3 is 2.50 bits per heavy atom. The summed E-state index contributed by atoms with van der Waals surface area (Å²) in [7, 11) is 1.66. The zero-order valence-corrected chi connectivity index (χ0v) is 17.8. The monoisotopic (exact) mass is 409 g/mol. The smallest absolute Gasteiger partial charge is 0.251 e. The summed E-state index contributed by atoms with van der Waals surface area (Å²) in [6.07, 6.45) is 2.59. The van der Waals surface area contributed by atoms with Crippen LogP contribution in [-0.4, -0.2) is 49.5 Å². The Morgan fingerprint density at radius 2 is 1.80 bits per heavy atom. The Bertz CT molecular complexity index is 835. The van der Waals surface area contributed by atoms with Crippen LogP contribution >= 0.6 is 0 Å². The average molecular weight is 410 g/mol. The summed E-state index contributed by atoms with van der Waals surface area (Å²) in [6.45, 7) is 4.44. The summed E-state index contributed by atoms with van der Waals surface area (Å²) >= 11 is 0. The van der Waals surface area contributed by atoms with E-state index >= 15 is 0 Å². The van der Waals surface area contributed by atoms with Crippen molar-refractivity contribution in [3.05, 3.63) is 65.7 Å². The number of benzene rings is 2. The van der Waals surface area contributed by atoms with Crippen LogP contribution in [0.15, 0.2) is 54.6 Å². The van der Waals surface area contributed by atoms with Gasteiger partial charge in [0.25, 0.3) is 5.91 Å². The first-order chi connectivity index (χ1) is 14.6. The predicted molar refractivity (Wildman–Crippen MR) is 118 cm³/mol. The normalized spacial score (nSPS) is 15.9. The minimum absolute atomic E-state index is 0.0667. The third-order valence-electron chi connectivity index (χ3n) is 5.46. The van der Waals surface area contributed by atoms with Gasteiger partial charge in [0.15, 0.2) is 0 Å². The first-order valence-corrected chi connectivity index (χ1v) is 10.6. The van der Waals surface area contributed by atoms with E-state index in [1.165, 1.54) is 12.8 Å². The number of hydrogen-bond donors (Lipinski definition) is 2. The van der Waals surface area contributed by atoms with Gasteiger partial charge < -0.3 is 15.4 Å². The number of rotatable bonds is 9.